The predicted molar refractivity (Wildman–Crippen MR) is 83.2 cm³/mol. The number of nitrogens with zero attached hydrogens (tertiary/aromatic N) is 2. The molecule has 0 atom stereocenters. The predicted octanol–water partition coefficient (Wildman–Crippen LogP) is 3.92. The Balaban J connectivity index is 2.11. The minimum Gasteiger partial charge on any atom is -0.481 e. The zero-order valence-electron chi connectivity index (χ0n) is 13.7. The molecule has 1 aromatic heterocycles. The van der Waals surface area contributed by atoms with Crippen LogP contribution in [0.25, 0.3) is 0 Å². The fourth-order valence-electron chi connectivity index (χ4n) is 3.43. The Bertz CT molecular complexity index is 483. The first kappa shape index (κ1) is 16.1. The van der Waals surface area contributed by atoms with E-state index in [4.69, 9.17) is 0 Å². The Labute approximate surface area is 127 Å². The molecule has 1 aliphatic carbocycles. The van der Waals surface area contributed by atoms with Crippen LogP contribution in [0.3, 0.4) is 0 Å². The molecule has 118 valence electrons. The number of carbonyl (C=O) groups is 1. The number of carboxylic acid groups (broad SMARTS) is 1. The summed E-state index contributed by atoms with van der Waals surface area (Å²) in [5.41, 5.74) is 0.302. The molecule has 0 saturated heterocycles. The van der Waals surface area contributed by atoms with E-state index in [-0.39, 0.29) is 0 Å². The van der Waals surface area contributed by atoms with Crippen LogP contribution in [0.2, 0.25) is 0 Å². The van der Waals surface area contributed by atoms with Gasteiger partial charge < -0.3 is 5.11 Å². The summed E-state index contributed by atoms with van der Waals surface area (Å²) in [6.45, 7) is 8.64. The van der Waals surface area contributed by atoms with Gasteiger partial charge in [0.1, 0.15) is 0 Å². The Morgan fingerprint density at radius 3 is 2.43 bits per heavy atom. The van der Waals surface area contributed by atoms with Crippen LogP contribution < -0.4 is 0 Å². The lowest BCUT2D eigenvalue weighted by molar-refractivity contribution is -0.152. The van der Waals surface area contributed by atoms with Crippen molar-refractivity contribution >= 4 is 5.97 Å². The Hall–Kier alpha value is -1.32. The number of rotatable bonds is 5. The summed E-state index contributed by atoms with van der Waals surface area (Å²) in [6.07, 6.45) is 6.12. The second-order valence-corrected chi connectivity index (χ2v) is 7.22. The number of hydrogen-bond acceptors (Lipinski definition) is 2. The summed E-state index contributed by atoms with van der Waals surface area (Å²) in [7, 11) is 0. The normalized spacial score (nSPS) is 26.5. The highest BCUT2D eigenvalue weighted by molar-refractivity contribution is 5.75. The Morgan fingerprint density at radius 1 is 1.38 bits per heavy atom. The summed E-state index contributed by atoms with van der Waals surface area (Å²) in [6, 6.07) is 2.29. The van der Waals surface area contributed by atoms with E-state index in [0.717, 1.165) is 31.4 Å². The molecule has 2 rings (SSSR count). The van der Waals surface area contributed by atoms with Crippen LogP contribution in [0.4, 0.5) is 0 Å². The fraction of sp³-hybridized carbons (Fsp3) is 0.765. The van der Waals surface area contributed by atoms with E-state index in [9.17, 15) is 9.90 Å². The van der Waals surface area contributed by atoms with Crippen molar-refractivity contribution in [2.45, 2.75) is 65.8 Å². The van der Waals surface area contributed by atoms with E-state index in [1.165, 1.54) is 0 Å². The highest BCUT2D eigenvalue weighted by atomic mass is 16.4. The van der Waals surface area contributed by atoms with E-state index in [1.54, 1.807) is 0 Å². The lowest BCUT2D eigenvalue weighted by atomic mass is 9.66. The van der Waals surface area contributed by atoms with Gasteiger partial charge in [-0.25, -0.2) is 0 Å². The number of carboxylic acids is 1. The van der Waals surface area contributed by atoms with Gasteiger partial charge in [0.2, 0.25) is 0 Å². The molecule has 0 aromatic carbocycles. The molecule has 0 aliphatic heterocycles. The molecule has 1 aromatic rings. The molecule has 1 aliphatic rings. The van der Waals surface area contributed by atoms with Gasteiger partial charge in [-0.05, 0) is 57.4 Å². The number of aliphatic carboxylic acids is 1. The highest BCUT2D eigenvalue weighted by Crippen LogP contribution is 2.43. The fourth-order valence-corrected chi connectivity index (χ4v) is 3.43. The number of hydrogen-bond donors (Lipinski definition) is 1. The monoisotopic (exact) mass is 292 g/mol. The molecule has 0 unspecified atom stereocenters. The Kier molecular flexibility index (Phi) is 4.74. The van der Waals surface area contributed by atoms with Crippen LogP contribution in [-0.2, 0) is 11.2 Å². The van der Waals surface area contributed by atoms with Gasteiger partial charge in [-0.15, -0.1) is 0 Å². The largest absolute Gasteiger partial charge is 0.481 e. The van der Waals surface area contributed by atoms with E-state index in [2.05, 4.69) is 32.8 Å². The minimum absolute atomic E-state index is 0.316. The van der Waals surface area contributed by atoms with E-state index in [0.29, 0.717) is 24.3 Å². The zero-order chi connectivity index (χ0) is 15.6. The molecule has 1 saturated carbocycles. The molecule has 0 spiro atoms. The van der Waals surface area contributed by atoms with Crippen LogP contribution in [0, 0.1) is 17.3 Å². The molecule has 21 heavy (non-hydrogen) atoms. The highest BCUT2D eigenvalue weighted by Gasteiger charge is 2.42. The van der Waals surface area contributed by atoms with Crippen molar-refractivity contribution in [3.8, 4) is 0 Å². The van der Waals surface area contributed by atoms with Gasteiger partial charge in [0.15, 0.2) is 0 Å². The summed E-state index contributed by atoms with van der Waals surface area (Å²) in [5.74, 6) is 0.673. The third-order valence-corrected chi connectivity index (χ3v) is 5.10. The first-order valence-corrected chi connectivity index (χ1v) is 8.11. The summed E-state index contributed by atoms with van der Waals surface area (Å²) in [5, 5.41) is 14.3. The molecular formula is C17H28N2O2. The van der Waals surface area contributed by atoms with Gasteiger partial charge in [0, 0.05) is 18.7 Å². The molecule has 1 fully saturated rings. The van der Waals surface area contributed by atoms with Crippen molar-refractivity contribution < 1.29 is 9.90 Å². The smallest absolute Gasteiger partial charge is 0.310 e. The molecule has 0 amide bonds. The lowest BCUT2D eigenvalue weighted by Crippen LogP contribution is -2.38. The quantitative estimate of drug-likeness (QED) is 0.894. The van der Waals surface area contributed by atoms with Crippen LogP contribution in [-0.4, -0.2) is 20.9 Å². The number of aromatic nitrogens is 2. The van der Waals surface area contributed by atoms with Crippen LogP contribution in [0.5, 0.6) is 0 Å². The van der Waals surface area contributed by atoms with Crippen molar-refractivity contribution in [3.05, 3.63) is 18.0 Å². The van der Waals surface area contributed by atoms with Gasteiger partial charge in [-0.3, -0.25) is 9.48 Å². The second-order valence-electron chi connectivity index (χ2n) is 7.22. The standard InChI is InChI=1S/C17H28N2O2/c1-12(2)14-5-8-17(9-6-14,16(20)21)11-15-7-10-19(18-15)13(3)4/h7,10,12-14H,5-6,8-9,11H2,1-4H3,(H,20,21). The topological polar surface area (TPSA) is 55.1 Å². The van der Waals surface area contributed by atoms with Gasteiger partial charge in [-0.1, -0.05) is 13.8 Å². The maximum absolute atomic E-state index is 11.9. The van der Waals surface area contributed by atoms with Crippen molar-refractivity contribution in [2.75, 3.05) is 0 Å². The first-order chi connectivity index (χ1) is 9.84. The van der Waals surface area contributed by atoms with Crippen LogP contribution in [0.15, 0.2) is 12.3 Å². The van der Waals surface area contributed by atoms with E-state index >= 15 is 0 Å². The maximum Gasteiger partial charge on any atom is 0.310 e. The van der Waals surface area contributed by atoms with Gasteiger partial charge in [0.05, 0.1) is 11.1 Å². The van der Waals surface area contributed by atoms with E-state index < -0.39 is 11.4 Å². The average molecular weight is 292 g/mol. The lowest BCUT2D eigenvalue weighted by Gasteiger charge is -2.38. The molecule has 4 heteroatoms. The van der Waals surface area contributed by atoms with Gasteiger partial charge >= 0.3 is 5.97 Å². The van der Waals surface area contributed by atoms with Gasteiger partial charge in [0.25, 0.3) is 0 Å². The molecule has 0 bridgehead atoms. The van der Waals surface area contributed by atoms with Crippen molar-refractivity contribution in [1.82, 2.24) is 9.78 Å². The second kappa shape index (κ2) is 6.20. The molecule has 0 radical (unpaired) electrons. The van der Waals surface area contributed by atoms with Crippen LogP contribution in [0.1, 0.15) is 65.1 Å². The van der Waals surface area contributed by atoms with Crippen molar-refractivity contribution in [3.63, 3.8) is 0 Å². The zero-order valence-corrected chi connectivity index (χ0v) is 13.7. The molecule has 1 N–H and O–H groups in total. The molecule has 4 nitrogen and oxygen atoms in total. The summed E-state index contributed by atoms with van der Waals surface area (Å²) >= 11 is 0. The minimum atomic E-state index is -0.649. The SMILES string of the molecule is CC(C)C1CCC(Cc2ccn(C(C)C)n2)(C(=O)O)CC1. The van der Waals surface area contributed by atoms with Crippen molar-refractivity contribution in [1.29, 1.82) is 0 Å². The Morgan fingerprint density at radius 2 is 2.00 bits per heavy atom. The van der Waals surface area contributed by atoms with Crippen molar-refractivity contribution in [2.24, 2.45) is 17.3 Å². The molecular weight excluding hydrogens is 264 g/mol. The summed E-state index contributed by atoms with van der Waals surface area (Å²) in [4.78, 5) is 11.9. The third kappa shape index (κ3) is 3.47. The van der Waals surface area contributed by atoms with Gasteiger partial charge in [-0.2, -0.15) is 5.10 Å². The third-order valence-electron chi connectivity index (χ3n) is 5.10. The average Bonchev–Trinajstić information content (AvgIpc) is 2.87. The maximum atomic E-state index is 11.9. The first-order valence-electron chi connectivity index (χ1n) is 8.11. The molecule has 1 heterocycles. The van der Waals surface area contributed by atoms with E-state index in [1.807, 2.05) is 16.9 Å². The van der Waals surface area contributed by atoms with Crippen LogP contribution >= 0.6 is 0 Å². The summed E-state index contributed by atoms with van der Waals surface area (Å²) < 4.78 is 1.91.